The lowest BCUT2D eigenvalue weighted by molar-refractivity contribution is -0.934. The Kier molecular flexibility index (Phi) is 20.1. The third-order valence-corrected chi connectivity index (χ3v) is 5.71. The Morgan fingerprint density at radius 2 is 1.11 bits per heavy atom. The summed E-state index contributed by atoms with van der Waals surface area (Å²) in [6, 6.07) is 0. The summed E-state index contributed by atoms with van der Waals surface area (Å²) >= 11 is 0. The van der Waals surface area contributed by atoms with Crippen molar-refractivity contribution in [1.29, 1.82) is 0 Å². The van der Waals surface area contributed by atoms with E-state index >= 15 is 0 Å². The number of aliphatic hydroxyl groups is 1. The number of hydrogen-bond acceptors (Lipinski definition) is 5. The van der Waals surface area contributed by atoms with E-state index in [2.05, 4.69) is 25.2 Å². The van der Waals surface area contributed by atoms with Gasteiger partial charge in [-0.05, 0) is 12.8 Å². The maximum atomic E-state index is 9.66. The Hall–Kier alpha value is -0.210. The van der Waals surface area contributed by atoms with Gasteiger partial charge in [-0.3, -0.25) is 4.18 Å². The fourth-order valence-electron chi connectivity index (χ4n) is 2.90. The minimum Gasteiger partial charge on any atom is -0.726 e. The summed E-state index contributed by atoms with van der Waals surface area (Å²) in [4.78, 5) is 0. The van der Waals surface area contributed by atoms with E-state index in [-0.39, 0.29) is 6.23 Å². The zero-order valence-electron chi connectivity index (χ0n) is 19.1. The third kappa shape index (κ3) is 23.8. The van der Waals surface area contributed by atoms with Crippen LogP contribution in [-0.2, 0) is 14.6 Å². The highest BCUT2D eigenvalue weighted by Gasteiger charge is 2.20. The topological polar surface area (TPSA) is 86.7 Å². The molecule has 0 aromatic rings. The van der Waals surface area contributed by atoms with E-state index in [1.54, 1.807) is 0 Å². The molecule has 0 aliphatic heterocycles. The van der Waals surface area contributed by atoms with Gasteiger partial charge >= 0.3 is 0 Å². The highest BCUT2D eigenvalue weighted by Crippen LogP contribution is 2.14. The van der Waals surface area contributed by atoms with Crippen molar-refractivity contribution in [1.82, 2.24) is 0 Å². The van der Waals surface area contributed by atoms with Gasteiger partial charge in [0, 0.05) is 6.92 Å². The van der Waals surface area contributed by atoms with Crippen LogP contribution in [0.3, 0.4) is 0 Å². The molecule has 0 aromatic heterocycles. The molecule has 172 valence electrons. The van der Waals surface area contributed by atoms with E-state index < -0.39 is 10.4 Å². The summed E-state index contributed by atoms with van der Waals surface area (Å²) in [5.74, 6) is 0. The Morgan fingerprint density at radius 3 is 1.36 bits per heavy atom. The normalized spacial score (nSPS) is 13.1. The number of aliphatic hydroxyl groups excluding tert-OH is 1. The van der Waals surface area contributed by atoms with E-state index in [0.29, 0.717) is 0 Å². The molecule has 0 radical (unpaired) electrons. The summed E-state index contributed by atoms with van der Waals surface area (Å²) in [7, 11) is 0.632. The smallest absolute Gasteiger partial charge is 0.217 e. The van der Waals surface area contributed by atoms with Crippen LogP contribution in [0.1, 0.15) is 104 Å². The van der Waals surface area contributed by atoms with Crippen molar-refractivity contribution >= 4 is 10.4 Å². The molecule has 0 rings (SSSR count). The first kappa shape index (κ1) is 30.0. The molecular weight excluding hydrogens is 378 g/mol. The van der Waals surface area contributed by atoms with Crippen molar-refractivity contribution in [3.63, 3.8) is 0 Å². The molecule has 0 aliphatic rings. The van der Waals surface area contributed by atoms with Crippen LogP contribution in [0.25, 0.3) is 0 Å². The minimum absolute atomic E-state index is 0.248. The van der Waals surface area contributed by atoms with E-state index in [0.717, 1.165) is 18.1 Å². The Labute approximate surface area is 175 Å². The number of nitrogens with zero attached hydrogens (tertiary/aromatic N) is 1. The van der Waals surface area contributed by atoms with Crippen molar-refractivity contribution < 1.29 is 26.7 Å². The van der Waals surface area contributed by atoms with Gasteiger partial charge in [0.15, 0.2) is 6.23 Å². The molecule has 6 nitrogen and oxygen atoms in total. The predicted octanol–water partition coefficient (Wildman–Crippen LogP) is 4.98. The number of unbranched alkanes of at least 4 members (excludes halogenated alkanes) is 13. The lowest BCUT2D eigenvalue weighted by Gasteiger charge is -2.32. The quantitative estimate of drug-likeness (QED) is 0.117. The van der Waals surface area contributed by atoms with Crippen LogP contribution in [0.4, 0.5) is 0 Å². The van der Waals surface area contributed by atoms with Crippen LogP contribution in [0, 0.1) is 0 Å². The lowest BCUT2D eigenvalue weighted by Crippen LogP contribution is -2.47. The molecule has 0 amide bonds. The van der Waals surface area contributed by atoms with Gasteiger partial charge in [0.2, 0.25) is 10.4 Å². The van der Waals surface area contributed by atoms with Crippen molar-refractivity contribution in [2.45, 2.75) is 110 Å². The van der Waals surface area contributed by atoms with E-state index in [1.807, 2.05) is 6.92 Å². The average molecular weight is 426 g/mol. The van der Waals surface area contributed by atoms with Crippen LogP contribution in [-0.4, -0.2) is 56.5 Å². The number of hydrogen-bond donors (Lipinski definition) is 1. The van der Waals surface area contributed by atoms with Gasteiger partial charge < -0.3 is 14.1 Å². The first-order valence-corrected chi connectivity index (χ1v) is 12.4. The first-order chi connectivity index (χ1) is 13.1. The molecule has 1 atom stereocenters. The second kappa shape index (κ2) is 18.8. The Morgan fingerprint density at radius 1 is 0.821 bits per heavy atom. The molecule has 0 saturated heterocycles. The summed E-state index contributed by atoms with van der Waals surface area (Å²) in [6.45, 7) is 5.27. The summed E-state index contributed by atoms with van der Waals surface area (Å²) in [5, 5.41) is 9.66. The van der Waals surface area contributed by atoms with Gasteiger partial charge in [0.05, 0.1) is 27.7 Å². The standard InChI is InChI=1S/C20H44NO.CH4O4S/c1-5-6-7-8-9-10-11-12-13-14-15-16-17-18-19-21(3,4)20(2)22;1-5-6(2,3)4/h20,22H,5-19H2,1-4H3;1H3,(H,2,3,4)/q+1;/p-1. The SMILES string of the molecule is CCCCCCCCCCCCCCCC[N+](C)(C)C(C)O.COS(=O)(=O)[O-]. The highest BCUT2D eigenvalue weighted by molar-refractivity contribution is 7.80. The lowest BCUT2D eigenvalue weighted by atomic mass is 10.0. The van der Waals surface area contributed by atoms with Crippen molar-refractivity contribution in [2.24, 2.45) is 0 Å². The molecular formula is C21H47NO5S. The summed E-state index contributed by atoms with van der Waals surface area (Å²) < 4.78 is 31.8. The maximum Gasteiger partial charge on any atom is 0.217 e. The van der Waals surface area contributed by atoms with E-state index in [1.165, 1.54) is 89.9 Å². The molecule has 7 heteroatoms. The third-order valence-electron chi connectivity index (χ3n) is 5.30. The Balaban J connectivity index is 0. The van der Waals surface area contributed by atoms with Gasteiger partial charge in [0.25, 0.3) is 0 Å². The largest absolute Gasteiger partial charge is 0.726 e. The maximum absolute atomic E-state index is 9.66. The zero-order chi connectivity index (χ0) is 21.9. The van der Waals surface area contributed by atoms with Gasteiger partial charge in [-0.1, -0.05) is 84.0 Å². The van der Waals surface area contributed by atoms with Gasteiger partial charge in [-0.25, -0.2) is 8.42 Å². The molecule has 0 spiro atoms. The second-order valence-corrected chi connectivity index (χ2v) is 9.46. The van der Waals surface area contributed by atoms with Gasteiger partial charge in [-0.2, -0.15) is 0 Å². The molecule has 0 saturated carbocycles. The number of rotatable bonds is 17. The molecule has 1 N–H and O–H groups in total. The molecule has 0 aromatic carbocycles. The molecule has 0 fully saturated rings. The second-order valence-electron chi connectivity index (χ2n) is 8.31. The molecule has 1 unspecified atom stereocenters. The first-order valence-electron chi connectivity index (χ1n) is 11.1. The molecule has 0 bridgehead atoms. The number of quaternary nitrogens is 1. The fourth-order valence-corrected chi connectivity index (χ4v) is 2.90. The van der Waals surface area contributed by atoms with Crippen LogP contribution in [0.2, 0.25) is 0 Å². The molecule has 0 aliphatic carbocycles. The average Bonchev–Trinajstić information content (AvgIpc) is 2.61. The summed E-state index contributed by atoms with van der Waals surface area (Å²) in [5.41, 5.74) is 0. The monoisotopic (exact) mass is 425 g/mol. The van der Waals surface area contributed by atoms with Gasteiger partial charge in [0.1, 0.15) is 0 Å². The molecule has 28 heavy (non-hydrogen) atoms. The van der Waals surface area contributed by atoms with Crippen LogP contribution < -0.4 is 0 Å². The fraction of sp³-hybridized carbons (Fsp3) is 1.00. The zero-order valence-corrected chi connectivity index (χ0v) is 19.9. The Bertz CT molecular complexity index is 425. The highest BCUT2D eigenvalue weighted by atomic mass is 32.3. The van der Waals surface area contributed by atoms with Crippen LogP contribution in [0.5, 0.6) is 0 Å². The summed E-state index contributed by atoms with van der Waals surface area (Å²) in [6.07, 6.45) is 19.4. The van der Waals surface area contributed by atoms with Crippen molar-refractivity contribution in [2.75, 3.05) is 27.7 Å². The van der Waals surface area contributed by atoms with Crippen LogP contribution in [0.15, 0.2) is 0 Å². The van der Waals surface area contributed by atoms with Crippen molar-refractivity contribution in [3.05, 3.63) is 0 Å². The predicted molar refractivity (Wildman–Crippen MR) is 116 cm³/mol. The van der Waals surface area contributed by atoms with E-state index in [9.17, 15) is 18.1 Å². The van der Waals surface area contributed by atoms with Crippen LogP contribution >= 0.6 is 0 Å². The van der Waals surface area contributed by atoms with Crippen molar-refractivity contribution in [3.8, 4) is 0 Å². The molecule has 0 heterocycles. The van der Waals surface area contributed by atoms with E-state index in [4.69, 9.17) is 0 Å². The van der Waals surface area contributed by atoms with Gasteiger partial charge in [-0.15, -0.1) is 0 Å². The minimum atomic E-state index is -4.41.